The molecule has 1 aromatic rings. The van der Waals surface area contributed by atoms with Crippen molar-refractivity contribution in [1.82, 2.24) is 14.6 Å². The summed E-state index contributed by atoms with van der Waals surface area (Å²) in [4.78, 5) is 14.7. The molecule has 1 aliphatic heterocycles. The number of carbonyl (C=O) groups is 1. The maximum atomic E-state index is 12.9. The number of carbonyl (C=O) groups excluding carboxylic acids is 1. The maximum absolute atomic E-state index is 12.9. The first-order valence-corrected chi connectivity index (χ1v) is 11.6. The molecule has 1 atom stereocenters. The van der Waals surface area contributed by atoms with Crippen LogP contribution in [0.3, 0.4) is 0 Å². The van der Waals surface area contributed by atoms with Crippen LogP contribution in [0.4, 0.5) is 0 Å². The van der Waals surface area contributed by atoms with Crippen LogP contribution in [0.25, 0.3) is 0 Å². The first-order valence-electron chi connectivity index (χ1n) is 10.1. The second kappa shape index (κ2) is 9.65. The van der Waals surface area contributed by atoms with E-state index in [0.29, 0.717) is 11.5 Å². The highest BCUT2D eigenvalue weighted by atomic mass is 32.2. The van der Waals surface area contributed by atoms with Crippen LogP contribution in [0.5, 0.6) is 0 Å². The molecule has 3 rings (SSSR count). The second-order valence-electron chi connectivity index (χ2n) is 7.84. The number of hydrogen-bond acceptors (Lipinski definition) is 5. The third-order valence-corrected chi connectivity index (χ3v) is 7.68. The first kappa shape index (κ1) is 21.7. The van der Waals surface area contributed by atoms with Gasteiger partial charge >= 0.3 is 0 Å². The standard InChI is InChI=1S/C21H30N4O3S/c1-24-14-12-19(13-15-24)25(2)29(27,28)20-10-8-18(9-11-20)21(26)23-22-16-17-6-4-3-5-7-17/h3-4,8-11,16-17,19H,5-7,12-15H2,1-2H3,(H,23,26)/b22-16-/t17-/m0/s1. The summed E-state index contributed by atoms with van der Waals surface area (Å²) in [5.74, 6) is 0.00292. The molecule has 1 aliphatic carbocycles. The van der Waals surface area contributed by atoms with Crippen molar-refractivity contribution in [3.05, 3.63) is 42.0 Å². The van der Waals surface area contributed by atoms with Gasteiger partial charge in [-0.25, -0.2) is 13.8 Å². The molecule has 1 amide bonds. The zero-order valence-electron chi connectivity index (χ0n) is 17.1. The van der Waals surface area contributed by atoms with Crippen molar-refractivity contribution in [2.24, 2.45) is 11.0 Å². The number of rotatable bonds is 6. The highest BCUT2D eigenvalue weighted by molar-refractivity contribution is 7.89. The summed E-state index contributed by atoms with van der Waals surface area (Å²) < 4.78 is 27.3. The van der Waals surface area contributed by atoms with Gasteiger partial charge in [-0.2, -0.15) is 9.41 Å². The monoisotopic (exact) mass is 418 g/mol. The molecule has 0 bridgehead atoms. The summed E-state index contributed by atoms with van der Waals surface area (Å²) in [6.07, 6.45) is 10.7. The summed E-state index contributed by atoms with van der Waals surface area (Å²) in [5, 5.41) is 4.05. The fourth-order valence-corrected chi connectivity index (χ4v) is 5.13. The molecule has 1 heterocycles. The minimum atomic E-state index is -3.58. The number of benzene rings is 1. The van der Waals surface area contributed by atoms with Crippen LogP contribution in [0, 0.1) is 5.92 Å². The van der Waals surface area contributed by atoms with Gasteiger partial charge in [0.05, 0.1) is 4.90 Å². The van der Waals surface area contributed by atoms with E-state index in [1.165, 1.54) is 28.6 Å². The van der Waals surface area contributed by atoms with Gasteiger partial charge in [-0.15, -0.1) is 0 Å². The smallest absolute Gasteiger partial charge is 0.271 e. The third kappa shape index (κ3) is 5.52. The lowest BCUT2D eigenvalue weighted by atomic mass is 9.96. The van der Waals surface area contributed by atoms with Crippen molar-refractivity contribution in [2.45, 2.75) is 43.0 Å². The number of amides is 1. The number of piperidine rings is 1. The Balaban J connectivity index is 1.60. The summed E-state index contributed by atoms with van der Waals surface area (Å²) in [6, 6.07) is 6.05. The Morgan fingerprint density at radius 2 is 1.86 bits per heavy atom. The predicted octanol–water partition coefficient (Wildman–Crippen LogP) is 2.47. The van der Waals surface area contributed by atoms with E-state index in [4.69, 9.17) is 0 Å². The van der Waals surface area contributed by atoms with Crippen molar-refractivity contribution >= 4 is 22.1 Å². The van der Waals surface area contributed by atoms with Crippen LogP contribution in [0.1, 0.15) is 42.5 Å². The molecule has 0 radical (unpaired) electrons. The number of allylic oxidation sites excluding steroid dienone is 2. The molecule has 7 nitrogen and oxygen atoms in total. The third-order valence-electron chi connectivity index (χ3n) is 5.76. The summed E-state index contributed by atoms with van der Waals surface area (Å²) in [7, 11) is 0.103. The van der Waals surface area contributed by atoms with E-state index in [-0.39, 0.29) is 16.8 Å². The highest BCUT2D eigenvalue weighted by Gasteiger charge is 2.30. The van der Waals surface area contributed by atoms with Crippen molar-refractivity contribution in [2.75, 3.05) is 27.2 Å². The minimum absolute atomic E-state index is 0.00291. The molecule has 0 spiro atoms. The number of sulfonamides is 1. The topological polar surface area (TPSA) is 82.1 Å². The van der Waals surface area contributed by atoms with E-state index in [1.807, 2.05) is 7.05 Å². The summed E-state index contributed by atoms with van der Waals surface area (Å²) in [6.45, 7) is 1.78. The Kier molecular flexibility index (Phi) is 7.21. The van der Waals surface area contributed by atoms with Gasteiger partial charge in [0, 0.05) is 24.9 Å². The van der Waals surface area contributed by atoms with Crippen LogP contribution >= 0.6 is 0 Å². The van der Waals surface area contributed by atoms with E-state index in [2.05, 4.69) is 27.6 Å². The van der Waals surface area contributed by atoms with Gasteiger partial charge in [0.2, 0.25) is 10.0 Å². The molecule has 0 unspecified atom stereocenters. The van der Waals surface area contributed by atoms with E-state index < -0.39 is 10.0 Å². The van der Waals surface area contributed by atoms with Gasteiger partial charge in [0.1, 0.15) is 0 Å². The highest BCUT2D eigenvalue weighted by Crippen LogP contribution is 2.22. The van der Waals surface area contributed by atoms with Crippen molar-refractivity contribution < 1.29 is 13.2 Å². The fourth-order valence-electron chi connectivity index (χ4n) is 3.72. The minimum Gasteiger partial charge on any atom is -0.306 e. The average Bonchev–Trinajstić information content (AvgIpc) is 2.74. The average molecular weight is 419 g/mol. The number of hydrogen-bond donors (Lipinski definition) is 1. The molecular weight excluding hydrogens is 388 g/mol. The van der Waals surface area contributed by atoms with E-state index >= 15 is 0 Å². The molecule has 1 fully saturated rings. The molecule has 1 N–H and O–H groups in total. The zero-order chi connectivity index (χ0) is 20.9. The Morgan fingerprint density at radius 3 is 2.48 bits per heavy atom. The largest absolute Gasteiger partial charge is 0.306 e. The predicted molar refractivity (Wildman–Crippen MR) is 114 cm³/mol. The number of likely N-dealkylation sites (tertiary alicyclic amines) is 1. The van der Waals surface area contributed by atoms with E-state index in [0.717, 1.165) is 45.2 Å². The van der Waals surface area contributed by atoms with Crippen LogP contribution in [0.15, 0.2) is 46.4 Å². The van der Waals surface area contributed by atoms with Crippen molar-refractivity contribution in [1.29, 1.82) is 0 Å². The first-order chi connectivity index (χ1) is 13.9. The molecule has 29 heavy (non-hydrogen) atoms. The van der Waals surface area contributed by atoms with Crippen LogP contribution in [-0.2, 0) is 10.0 Å². The SMILES string of the molecule is CN1CCC(N(C)S(=O)(=O)c2ccc(C(=O)N/N=C\[C@H]3CC=CCC3)cc2)CC1. The Hall–Kier alpha value is -2.03. The fraction of sp³-hybridized carbons (Fsp3) is 0.524. The number of nitrogens with one attached hydrogen (secondary N) is 1. The summed E-state index contributed by atoms with van der Waals surface area (Å²) >= 11 is 0. The van der Waals surface area contributed by atoms with Gasteiger partial charge in [-0.05, 0) is 82.4 Å². The van der Waals surface area contributed by atoms with Gasteiger partial charge in [0.25, 0.3) is 5.91 Å². The van der Waals surface area contributed by atoms with Gasteiger partial charge < -0.3 is 4.90 Å². The zero-order valence-corrected chi connectivity index (χ0v) is 17.9. The lowest BCUT2D eigenvalue weighted by Gasteiger charge is -2.34. The molecule has 1 aromatic carbocycles. The van der Waals surface area contributed by atoms with E-state index in [1.54, 1.807) is 13.3 Å². The Morgan fingerprint density at radius 1 is 1.17 bits per heavy atom. The number of nitrogens with zero attached hydrogens (tertiary/aromatic N) is 3. The molecule has 2 aliphatic rings. The van der Waals surface area contributed by atoms with Gasteiger partial charge in [-0.1, -0.05) is 12.2 Å². The van der Waals surface area contributed by atoms with Gasteiger partial charge in [-0.3, -0.25) is 4.79 Å². The van der Waals surface area contributed by atoms with Crippen molar-refractivity contribution in [3.8, 4) is 0 Å². The molecule has 0 aromatic heterocycles. The van der Waals surface area contributed by atoms with Crippen LogP contribution in [-0.4, -0.2) is 63.0 Å². The second-order valence-corrected chi connectivity index (χ2v) is 9.84. The van der Waals surface area contributed by atoms with E-state index in [9.17, 15) is 13.2 Å². The van der Waals surface area contributed by atoms with Crippen LogP contribution in [0.2, 0.25) is 0 Å². The molecule has 0 saturated carbocycles. The van der Waals surface area contributed by atoms with Gasteiger partial charge in [0.15, 0.2) is 0 Å². The number of hydrazone groups is 1. The van der Waals surface area contributed by atoms with Crippen LogP contribution < -0.4 is 5.43 Å². The normalized spacial score (nSPS) is 21.7. The Bertz CT molecular complexity index is 856. The Labute approximate surface area is 173 Å². The lowest BCUT2D eigenvalue weighted by Crippen LogP contribution is -2.44. The molecule has 8 heteroatoms. The quantitative estimate of drug-likeness (QED) is 0.437. The molecular formula is C21H30N4O3S. The van der Waals surface area contributed by atoms with Crippen molar-refractivity contribution in [3.63, 3.8) is 0 Å². The summed E-state index contributed by atoms with van der Waals surface area (Å²) in [5.41, 5.74) is 2.91. The molecule has 158 valence electrons. The maximum Gasteiger partial charge on any atom is 0.271 e. The lowest BCUT2D eigenvalue weighted by molar-refractivity contribution is 0.0954. The molecule has 1 saturated heterocycles.